The maximum Gasteiger partial charge on any atom is 0.354 e. The molecule has 0 amide bonds. The van der Waals surface area contributed by atoms with Crippen LogP contribution in [0.3, 0.4) is 0 Å². The Morgan fingerprint density at radius 1 is 0.980 bits per heavy atom. The maximum absolute atomic E-state index is 14.3. The Balaban J connectivity index is 1.62. The fourth-order valence-corrected chi connectivity index (χ4v) is 12.9. The third-order valence-electron chi connectivity index (χ3n) is 9.31. The molecular formula is C41H50N4O4SSi. The zero-order valence-electron chi connectivity index (χ0n) is 30.9. The molecule has 2 atom stereocenters. The largest absolute Gasteiger partial charge is 0.597 e. The third-order valence-corrected chi connectivity index (χ3v) is 16.2. The van der Waals surface area contributed by atoms with Crippen LogP contribution in [0.5, 0.6) is 0 Å². The molecule has 0 spiro atoms. The van der Waals surface area contributed by atoms with Gasteiger partial charge in [0.2, 0.25) is 0 Å². The zero-order chi connectivity index (χ0) is 37.0. The van der Waals surface area contributed by atoms with Gasteiger partial charge < -0.3 is 14.1 Å². The summed E-state index contributed by atoms with van der Waals surface area (Å²) >= 11 is -1.40. The van der Waals surface area contributed by atoms with E-state index in [0.717, 1.165) is 22.3 Å². The van der Waals surface area contributed by atoms with E-state index in [9.17, 15) is 14.5 Å². The summed E-state index contributed by atoms with van der Waals surface area (Å²) in [4.78, 5) is 17.2. The molecule has 0 radical (unpaired) electrons. The number of fused-ring (bicyclic) bond motifs is 1. The predicted octanol–water partition coefficient (Wildman–Crippen LogP) is 5.85. The van der Waals surface area contributed by atoms with Crippen LogP contribution >= 0.6 is 0 Å². The Morgan fingerprint density at radius 3 is 2.12 bits per heavy atom. The van der Waals surface area contributed by atoms with Crippen LogP contribution in [-0.2, 0) is 22.3 Å². The molecule has 1 aromatic heterocycles. The molecule has 4 aromatic rings. The molecule has 5 rings (SSSR count). The minimum Gasteiger partial charge on any atom is -0.597 e. The second-order valence-corrected chi connectivity index (χ2v) is 21.3. The van der Waals surface area contributed by atoms with Gasteiger partial charge in [-0.15, -0.1) is 4.31 Å². The highest BCUT2D eigenvalue weighted by Crippen LogP contribution is 2.46. The molecule has 0 saturated carbocycles. The number of carbonyl (C=O) groups is 1. The number of carboxylic acids is 1. The van der Waals surface area contributed by atoms with E-state index in [4.69, 9.17) is 9.41 Å². The Hall–Kier alpha value is -3.79. The monoisotopic (exact) mass is 722 g/mol. The number of aromatic nitrogens is 1. The number of nitrogens with zero attached hydrogens (tertiary/aromatic N) is 2. The molecule has 0 saturated heterocycles. The lowest BCUT2D eigenvalue weighted by Crippen LogP contribution is -2.66. The van der Waals surface area contributed by atoms with Crippen LogP contribution in [-0.4, -0.2) is 64.9 Å². The molecular weight excluding hydrogens is 673 g/mol. The normalized spacial score (nSPS) is 15.7. The lowest BCUT2D eigenvalue weighted by molar-refractivity contribution is 0.0690. The van der Waals surface area contributed by atoms with Gasteiger partial charge in [0.05, 0.1) is 18.3 Å². The van der Waals surface area contributed by atoms with Crippen LogP contribution in [0.25, 0.3) is 11.3 Å². The van der Waals surface area contributed by atoms with Crippen LogP contribution in [0.4, 0.5) is 0 Å². The summed E-state index contributed by atoms with van der Waals surface area (Å²) in [6.45, 7) is 13.4. The third kappa shape index (κ3) is 8.16. The van der Waals surface area contributed by atoms with Gasteiger partial charge in [-0.25, -0.2) is 9.78 Å². The molecule has 1 aliphatic heterocycles. The number of rotatable bonds is 11. The van der Waals surface area contributed by atoms with Gasteiger partial charge in [-0.3, -0.25) is 10.6 Å². The SMILES string of the molecule is CNC(C#Cc1cccc(-c2nc(C(=O)O)cc3c2C(CCO[Si](c2ccccc2)(c2ccccc2)C(C)(C)C)N([S+]([O-])C(C)(C)C)C3)c1)NC. The quantitative estimate of drug-likeness (QED) is 0.0767. The zero-order valence-corrected chi connectivity index (χ0v) is 32.7. The smallest absolute Gasteiger partial charge is 0.354 e. The average Bonchev–Trinajstić information content (AvgIpc) is 3.47. The first-order chi connectivity index (χ1) is 24.2. The number of pyridine rings is 1. The molecule has 0 fully saturated rings. The molecule has 10 heteroatoms. The van der Waals surface area contributed by atoms with Crippen molar-refractivity contribution in [3.63, 3.8) is 0 Å². The summed E-state index contributed by atoms with van der Waals surface area (Å²) < 4.78 is 23.1. The van der Waals surface area contributed by atoms with Crippen LogP contribution in [0, 0.1) is 11.8 Å². The minimum absolute atomic E-state index is 0.0450. The van der Waals surface area contributed by atoms with Crippen molar-refractivity contribution in [1.82, 2.24) is 19.9 Å². The predicted molar refractivity (Wildman–Crippen MR) is 210 cm³/mol. The van der Waals surface area contributed by atoms with E-state index >= 15 is 0 Å². The summed E-state index contributed by atoms with van der Waals surface area (Å²) in [5.41, 5.74) is 3.75. The number of hydrogen-bond donors (Lipinski definition) is 3. The van der Waals surface area contributed by atoms with E-state index in [2.05, 4.69) is 91.8 Å². The molecule has 51 heavy (non-hydrogen) atoms. The molecule has 1 aliphatic rings. The lowest BCUT2D eigenvalue weighted by Gasteiger charge is -2.43. The van der Waals surface area contributed by atoms with E-state index in [1.807, 2.05) is 75.6 Å². The average molecular weight is 723 g/mol. The molecule has 8 nitrogen and oxygen atoms in total. The van der Waals surface area contributed by atoms with Gasteiger partial charge in [0.1, 0.15) is 16.6 Å². The van der Waals surface area contributed by atoms with Crippen molar-refractivity contribution in [2.75, 3.05) is 20.7 Å². The van der Waals surface area contributed by atoms with Crippen molar-refractivity contribution in [3.05, 3.63) is 113 Å². The summed E-state index contributed by atoms with van der Waals surface area (Å²) in [6, 6.07) is 30.1. The summed E-state index contributed by atoms with van der Waals surface area (Å²) in [5, 5.41) is 18.5. The number of nitrogens with one attached hydrogen (secondary N) is 2. The summed E-state index contributed by atoms with van der Waals surface area (Å²) in [6.07, 6.45) is 0.346. The van der Waals surface area contributed by atoms with Crippen molar-refractivity contribution < 1.29 is 18.9 Å². The first-order valence-electron chi connectivity index (χ1n) is 17.4. The standard InChI is InChI=1S/C41H50N4O4SSi/c1-40(2,3)50(48)45-28-31-27-34(39(46)47)44-38(30-17-15-16-29(26-30)22-23-36(42-7)43-8)37(31)35(45)24-25-49-51(41(4,5)6,32-18-11-9-12-19-32)33-20-13-10-14-21-33/h9-21,26-27,35-36,42-43H,24-25,28H2,1-8H3,(H,46,47). The molecule has 0 bridgehead atoms. The van der Waals surface area contributed by atoms with E-state index in [1.165, 1.54) is 10.4 Å². The molecule has 0 aliphatic carbocycles. The highest BCUT2D eigenvalue weighted by Gasteiger charge is 2.51. The Kier molecular flexibility index (Phi) is 11.9. The Bertz CT molecular complexity index is 1840. The fraction of sp³-hybridized carbons (Fsp3) is 0.366. The molecule has 2 unspecified atom stereocenters. The number of benzene rings is 3. The highest BCUT2D eigenvalue weighted by molar-refractivity contribution is 7.90. The van der Waals surface area contributed by atoms with Gasteiger partial charge in [0.15, 0.2) is 0 Å². The molecule has 3 aromatic carbocycles. The van der Waals surface area contributed by atoms with Crippen molar-refractivity contribution in [2.24, 2.45) is 0 Å². The Labute approximate surface area is 307 Å². The molecule has 3 N–H and O–H groups in total. The van der Waals surface area contributed by atoms with Crippen LogP contribution < -0.4 is 21.0 Å². The van der Waals surface area contributed by atoms with Crippen LogP contribution in [0.2, 0.25) is 5.04 Å². The first-order valence-corrected chi connectivity index (χ1v) is 20.4. The van der Waals surface area contributed by atoms with Crippen molar-refractivity contribution in [3.8, 4) is 23.1 Å². The first kappa shape index (κ1) is 38.4. The van der Waals surface area contributed by atoms with Gasteiger partial charge in [0, 0.05) is 34.7 Å². The van der Waals surface area contributed by atoms with Crippen LogP contribution in [0.15, 0.2) is 91.0 Å². The van der Waals surface area contributed by atoms with Gasteiger partial charge >= 0.3 is 5.97 Å². The van der Waals surface area contributed by atoms with Gasteiger partial charge in [-0.1, -0.05) is 105 Å². The van der Waals surface area contributed by atoms with E-state index in [-0.39, 0.29) is 22.9 Å². The summed E-state index contributed by atoms with van der Waals surface area (Å²) in [7, 11) is 0.824. The second-order valence-electron chi connectivity index (χ2n) is 14.8. The maximum atomic E-state index is 14.3. The van der Waals surface area contributed by atoms with E-state index in [1.54, 1.807) is 6.07 Å². The van der Waals surface area contributed by atoms with E-state index < -0.39 is 30.4 Å². The van der Waals surface area contributed by atoms with Crippen molar-refractivity contribution in [2.45, 2.75) is 76.5 Å². The van der Waals surface area contributed by atoms with Gasteiger partial charge in [-0.05, 0) is 80.5 Å². The van der Waals surface area contributed by atoms with Crippen LogP contribution in [0.1, 0.15) is 81.2 Å². The number of hydrogen-bond acceptors (Lipinski definition) is 7. The highest BCUT2D eigenvalue weighted by atomic mass is 32.2. The molecule has 2 heterocycles. The number of carboxylic acid groups (broad SMARTS) is 1. The van der Waals surface area contributed by atoms with Crippen molar-refractivity contribution >= 4 is 36.0 Å². The van der Waals surface area contributed by atoms with Gasteiger partial charge in [0.25, 0.3) is 8.32 Å². The molecule has 268 valence electrons. The topological polar surface area (TPSA) is 110 Å². The number of aromatic carboxylic acids is 1. The second kappa shape index (κ2) is 15.8. The fourth-order valence-electron chi connectivity index (χ4n) is 6.95. The minimum atomic E-state index is -2.85. The van der Waals surface area contributed by atoms with Crippen molar-refractivity contribution in [1.29, 1.82) is 0 Å². The summed E-state index contributed by atoms with van der Waals surface area (Å²) in [5.74, 6) is 5.29. The lowest BCUT2D eigenvalue weighted by atomic mass is 9.95. The Morgan fingerprint density at radius 2 is 1.59 bits per heavy atom. The van der Waals surface area contributed by atoms with Gasteiger partial charge in [-0.2, -0.15) is 0 Å². The van der Waals surface area contributed by atoms with E-state index in [0.29, 0.717) is 25.3 Å².